The minimum Gasteiger partial charge on any atom is -0.310 e. The second kappa shape index (κ2) is 17.9. The van der Waals surface area contributed by atoms with Gasteiger partial charge in [0.15, 0.2) is 0 Å². The van der Waals surface area contributed by atoms with Crippen LogP contribution >= 0.6 is 0 Å². The molecule has 0 saturated heterocycles. The highest BCUT2D eigenvalue weighted by atomic mass is 15.2. The van der Waals surface area contributed by atoms with Crippen molar-refractivity contribution in [3.8, 4) is 66.8 Å². The van der Waals surface area contributed by atoms with Crippen LogP contribution in [0.25, 0.3) is 66.8 Å². The van der Waals surface area contributed by atoms with Crippen LogP contribution in [0.2, 0.25) is 0 Å². The van der Waals surface area contributed by atoms with E-state index < -0.39 is 5.41 Å². The highest BCUT2D eigenvalue weighted by Crippen LogP contribution is 2.63. The third kappa shape index (κ3) is 6.94. The van der Waals surface area contributed by atoms with E-state index >= 15 is 0 Å². The molecule has 390 valence electrons. The summed E-state index contributed by atoms with van der Waals surface area (Å²) < 4.78 is 0. The van der Waals surface area contributed by atoms with Gasteiger partial charge in [-0.25, -0.2) is 0 Å². The molecule has 0 atom stereocenters. The molecule has 0 fully saturated rings. The van der Waals surface area contributed by atoms with Crippen LogP contribution in [0.3, 0.4) is 0 Å². The van der Waals surface area contributed by atoms with Crippen molar-refractivity contribution in [3.05, 3.63) is 323 Å². The second-order valence-corrected chi connectivity index (χ2v) is 24.1. The summed E-state index contributed by atoms with van der Waals surface area (Å²) in [6.07, 6.45) is 0. The van der Waals surface area contributed by atoms with Crippen molar-refractivity contribution in [2.75, 3.05) is 9.80 Å². The first-order valence-electron chi connectivity index (χ1n) is 29.0. The Morgan fingerprint density at radius 3 is 1.05 bits per heavy atom. The SMILES string of the molecule is Cc1ccc(N(c2cc(-c3ccc4c(c3)C3(c5ccccc5-c5ccccc53)c3ccccc3-4)cc(N(c3ccc(-c4ccccc4)cc3)c3ccc4c(c3)-c3ccccc3C4(C)C)c2)c2ccc3c(c2)-c2ccccc2C3(C)C)cc1. The Balaban J connectivity index is 0.968. The quantitative estimate of drug-likeness (QED) is 0.150. The van der Waals surface area contributed by atoms with E-state index in [2.05, 4.69) is 317 Å². The second-order valence-electron chi connectivity index (χ2n) is 24.1. The van der Waals surface area contributed by atoms with E-state index in [0.717, 1.165) is 45.3 Å². The Bertz CT molecular complexity index is 4510. The average molecular weight is 1050 g/mol. The minimum absolute atomic E-state index is 0.126. The molecule has 0 bridgehead atoms. The molecule has 0 N–H and O–H groups in total. The molecule has 2 heteroatoms. The summed E-state index contributed by atoms with van der Waals surface area (Å²) in [6, 6.07) is 103. The maximum Gasteiger partial charge on any atom is 0.0725 e. The number of rotatable bonds is 8. The number of nitrogens with zero attached hydrogens (tertiary/aromatic N) is 2. The van der Waals surface area contributed by atoms with E-state index in [0.29, 0.717) is 0 Å². The van der Waals surface area contributed by atoms with Crippen molar-refractivity contribution in [2.24, 2.45) is 0 Å². The fraction of sp³-hybridized carbons (Fsp3) is 0.100. The van der Waals surface area contributed by atoms with Crippen molar-refractivity contribution in [3.63, 3.8) is 0 Å². The number of benzene rings is 12. The lowest BCUT2D eigenvalue weighted by atomic mass is 9.70. The zero-order chi connectivity index (χ0) is 55.1. The standard InChI is InChI=1S/C80H60N2/c1-51-31-36-56(37-32-51)81(58-40-43-72-68(49-58)65-24-9-14-26-70(65)78(72,2)3)60-45-55(54-35-42-67-64-23-13-18-30-76(64)80(77(67)47-54)74-28-16-11-21-62(74)63-22-12-17-29-75(63)80)46-61(48-60)82(57-38-33-53(34-39-57)52-19-7-6-8-20-52)59-41-44-73-69(50-59)66-25-10-15-27-71(66)79(73,4)5/h6-50H,1-5H3. The Morgan fingerprint density at radius 1 is 0.220 bits per heavy atom. The summed E-state index contributed by atoms with van der Waals surface area (Å²) in [7, 11) is 0. The van der Waals surface area contributed by atoms with Crippen LogP contribution in [0.15, 0.2) is 273 Å². The minimum atomic E-state index is -0.487. The molecule has 0 amide bonds. The Kier molecular flexibility index (Phi) is 10.5. The molecule has 0 saturated carbocycles. The van der Waals surface area contributed by atoms with Crippen LogP contribution in [0, 0.1) is 6.92 Å². The third-order valence-electron chi connectivity index (χ3n) is 18.9. The molecule has 0 aromatic heterocycles. The fourth-order valence-electron chi connectivity index (χ4n) is 15.0. The van der Waals surface area contributed by atoms with Gasteiger partial charge < -0.3 is 9.80 Å². The third-order valence-corrected chi connectivity index (χ3v) is 18.9. The van der Waals surface area contributed by atoms with E-state index in [1.54, 1.807) is 0 Å². The summed E-state index contributed by atoms with van der Waals surface area (Å²) in [5.74, 6) is 0. The number of anilines is 6. The number of fused-ring (bicyclic) bond motifs is 16. The lowest BCUT2D eigenvalue weighted by Gasteiger charge is -2.32. The molecule has 12 aromatic rings. The van der Waals surface area contributed by atoms with E-state index in [1.165, 1.54) is 106 Å². The molecule has 0 heterocycles. The molecule has 16 rings (SSSR count). The zero-order valence-electron chi connectivity index (χ0n) is 46.9. The molecule has 4 aliphatic carbocycles. The van der Waals surface area contributed by atoms with Crippen molar-refractivity contribution in [1.82, 2.24) is 0 Å². The van der Waals surface area contributed by atoms with Gasteiger partial charge in [0, 0.05) is 45.0 Å². The van der Waals surface area contributed by atoms with Gasteiger partial charge in [-0.1, -0.05) is 233 Å². The molecular weight excluding hydrogens is 989 g/mol. The summed E-state index contributed by atoms with van der Waals surface area (Å²) in [4.78, 5) is 4.99. The lowest BCUT2D eigenvalue weighted by molar-refractivity contribution is 0.660. The fourth-order valence-corrected chi connectivity index (χ4v) is 15.0. The van der Waals surface area contributed by atoms with Gasteiger partial charge in [0.2, 0.25) is 0 Å². The van der Waals surface area contributed by atoms with Gasteiger partial charge in [0.1, 0.15) is 0 Å². The molecular formula is C80H60N2. The van der Waals surface area contributed by atoms with Gasteiger partial charge >= 0.3 is 0 Å². The lowest BCUT2D eigenvalue weighted by Crippen LogP contribution is -2.25. The van der Waals surface area contributed by atoms with Crippen LogP contribution in [0.5, 0.6) is 0 Å². The van der Waals surface area contributed by atoms with Gasteiger partial charge in [0.25, 0.3) is 0 Å². The van der Waals surface area contributed by atoms with E-state index in [4.69, 9.17) is 0 Å². The molecule has 1 spiro atoms. The molecule has 0 unspecified atom stereocenters. The van der Waals surface area contributed by atoms with Crippen LogP contribution in [0.1, 0.15) is 77.8 Å². The monoisotopic (exact) mass is 1050 g/mol. The summed E-state index contributed by atoms with van der Waals surface area (Å²) in [5.41, 5.74) is 32.8. The van der Waals surface area contributed by atoms with Crippen LogP contribution < -0.4 is 9.80 Å². The first kappa shape index (κ1) is 48.2. The van der Waals surface area contributed by atoms with Crippen LogP contribution in [0.4, 0.5) is 34.1 Å². The first-order valence-corrected chi connectivity index (χ1v) is 29.0. The number of hydrogen-bond acceptors (Lipinski definition) is 2. The van der Waals surface area contributed by atoms with Gasteiger partial charge in [-0.05, 0) is 191 Å². The normalized spacial score (nSPS) is 14.5. The maximum absolute atomic E-state index is 2.54. The highest BCUT2D eigenvalue weighted by Gasteiger charge is 2.51. The van der Waals surface area contributed by atoms with E-state index in [1.807, 2.05) is 0 Å². The van der Waals surface area contributed by atoms with Crippen molar-refractivity contribution < 1.29 is 0 Å². The van der Waals surface area contributed by atoms with Crippen molar-refractivity contribution in [1.29, 1.82) is 0 Å². The molecule has 0 aliphatic heterocycles. The van der Waals surface area contributed by atoms with Gasteiger partial charge in [-0.15, -0.1) is 0 Å². The van der Waals surface area contributed by atoms with Crippen molar-refractivity contribution in [2.45, 2.75) is 50.9 Å². The molecule has 4 aliphatic rings. The topological polar surface area (TPSA) is 6.48 Å². The predicted octanol–water partition coefficient (Wildman–Crippen LogP) is 21.2. The van der Waals surface area contributed by atoms with Gasteiger partial charge in [-0.3, -0.25) is 0 Å². The summed E-state index contributed by atoms with van der Waals surface area (Å²) >= 11 is 0. The molecule has 2 nitrogen and oxygen atoms in total. The summed E-state index contributed by atoms with van der Waals surface area (Å²) in [6.45, 7) is 11.7. The highest BCUT2D eigenvalue weighted by molar-refractivity contribution is 5.98. The van der Waals surface area contributed by atoms with E-state index in [9.17, 15) is 0 Å². The Labute approximate surface area is 481 Å². The van der Waals surface area contributed by atoms with Crippen LogP contribution in [-0.4, -0.2) is 0 Å². The van der Waals surface area contributed by atoms with Gasteiger partial charge in [0.05, 0.1) is 5.41 Å². The molecule has 82 heavy (non-hydrogen) atoms. The Hall–Kier alpha value is -9.76. The van der Waals surface area contributed by atoms with Gasteiger partial charge in [-0.2, -0.15) is 0 Å². The smallest absolute Gasteiger partial charge is 0.0725 e. The first-order chi connectivity index (χ1) is 40.1. The maximum atomic E-state index is 2.54. The largest absolute Gasteiger partial charge is 0.310 e. The van der Waals surface area contributed by atoms with Crippen molar-refractivity contribution >= 4 is 34.1 Å². The van der Waals surface area contributed by atoms with Crippen LogP contribution in [-0.2, 0) is 16.2 Å². The predicted molar refractivity (Wildman–Crippen MR) is 343 cm³/mol. The zero-order valence-corrected chi connectivity index (χ0v) is 46.9. The molecule has 12 aromatic carbocycles. The average Bonchev–Trinajstić information content (AvgIpc) is 1.76. The van der Waals surface area contributed by atoms with E-state index in [-0.39, 0.29) is 10.8 Å². The Morgan fingerprint density at radius 2 is 0.573 bits per heavy atom. The molecule has 0 radical (unpaired) electrons. The number of aryl methyl sites for hydroxylation is 1. The summed E-state index contributed by atoms with van der Waals surface area (Å²) in [5, 5.41) is 0. The number of hydrogen-bond donors (Lipinski definition) is 0.